The van der Waals surface area contributed by atoms with Gasteiger partial charge >= 0.3 is 0 Å². The summed E-state index contributed by atoms with van der Waals surface area (Å²) in [7, 11) is 1.81. The normalized spacial score (nSPS) is 23.5. The Kier molecular flexibility index (Phi) is 7.93. The number of rotatable bonds is 8. The van der Waals surface area contributed by atoms with E-state index in [9.17, 15) is 4.79 Å². The number of benzene rings is 1. The first-order valence-corrected chi connectivity index (χ1v) is 9.08. The van der Waals surface area contributed by atoms with Crippen LogP contribution in [-0.4, -0.2) is 49.3 Å². The van der Waals surface area contributed by atoms with Gasteiger partial charge in [-0.2, -0.15) is 0 Å². The van der Waals surface area contributed by atoms with Crippen LogP contribution in [0.2, 0.25) is 0 Å². The van der Waals surface area contributed by atoms with E-state index >= 15 is 0 Å². The predicted octanol–water partition coefficient (Wildman–Crippen LogP) is 3.18. The van der Waals surface area contributed by atoms with E-state index in [4.69, 9.17) is 15.2 Å². The zero-order valence-corrected chi connectivity index (χ0v) is 17.4. The van der Waals surface area contributed by atoms with Crippen LogP contribution in [0.5, 0.6) is 5.75 Å². The fourth-order valence-electron chi connectivity index (χ4n) is 3.44. The Bertz CT molecular complexity index is 608. The van der Waals surface area contributed by atoms with Crippen molar-refractivity contribution < 1.29 is 14.3 Å². The number of likely N-dealkylation sites (N-methyl/N-ethyl adjacent to an activating group) is 1. The van der Waals surface area contributed by atoms with Crippen LogP contribution in [-0.2, 0) is 9.53 Å². The Morgan fingerprint density at radius 1 is 1.35 bits per heavy atom. The van der Waals surface area contributed by atoms with Crippen LogP contribution in [0, 0.1) is 12.3 Å². The average molecular weight is 385 g/mol. The number of carbonyl (C=O) groups excluding carboxylic acids is 1. The fraction of sp³-hybridized carbons (Fsp3) is 0.650. The van der Waals surface area contributed by atoms with Crippen molar-refractivity contribution in [1.29, 1.82) is 0 Å². The number of nitrogens with two attached hydrogens (primary N) is 1. The maximum atomic E-state index is 12.8. The van der Waals surface area contributed by atoms with Crippen molar-refractivity contribution in [3.8, 4) is 5.75 Å². The Morgan fingerprint density at radius 2 is 2.00 bits per heavy atom. The number of nitrogens with zero attached hydrogens (tertiary/aromatic N) is 1. The van der Waals surface area contributed by atoms with E-state index in [1.165, 1.54) is 0 Å². The van der Waals surface area contributed by atoms with Gasteiger partial charge in [-0.05, 0) is 31.9 Å². The quantitative estimate of drug-likeness (QED) is 0.699. The van der Waals surface area contributed by atoms with Gasteiger partial charge in [0.1, 0.15) is 11.3 Å². The molecule has 148 valence electrons. The molecule has 2 N–H and O–H groups in total. The van der Waals surface area contributed by atoms with E-state index in [0.29, 0.717) is 26.2 Å². The third-order valence-corrected chi connectivity index (χ3v) is 5.55. The molecule has 6 heteroatoms. The number of para-hydroxylation sites is 1. The maximum Gasteiger partial charge on any atom is 0.243 e. The lowest BCUT2D eigenvalue weighted by Gasteiger charge is -2.58. The molecule has 0 spiro atoms. The van der Waals surface area contributed by atoms with Crippen LogP contribution in [0.25, 0.3) is 0 Å². The Labute approximate surface area is 163 Å². The summed E-state index contributed by atoms with van der Waals surface area (Å²) in [5, 5.41) is 0. The van der Waals surface area contributed by atoms with E-state index in [-0.39, 0.29) is 29.8 Å². The summed E-state index contributed by atoms with van der Waals surface area (Å²) in [6.07, 6.45) is 1.39. The van der Waals surface area contributed by atoms with Gasteiger partial charge in [0.05, 0.1) is 12.7 Å². The van der Waals surface area contributed by atoms with Gasteiger partial charge in [-0.25, -0.2) is 0 Å². The molecule has 26 heavy (non-hydrogen) atoms. The fourth-order valence-corrected chi connectivity index (χ4v) is 3.44. The van der Waals surface area contributed by atoms with Crippen LogP contribution >= 0.6 is 12.4 Å². The van der Waals surface area contributed by atoms with Gasteiger partial charge in [0.2, 0.25) is 5.91 Å². The lowest BCUT2D eigenvalue weighted by Crippen LogP contribution is -2.75. The molecule has 2 rings (SSSR count). The zero-order valence-electron chi connectivity index (χ0n) is 16.6. The van der Waals surface area contributed by atoms with Crippen molar-refractivity contribution >= 4 is 18.3 Å². The van der Waals surface area contributed by atoms with Crippen LogP contribution < -0.4 is 10.5 Å². The molecule has 2 unspecified atom stereocenters. The summed E-state index contributed by atoms with van der Waals surface area (Å²) < 4.78 is 11.5. The van der Waals surface area contributed by atoms with Crippen molar-refractivity contribution in [2.24, 2.45) is 11.1 Å². The van der Waals surface area contributed by atoms with E-state index in [2.05, 4.69) is 0 Å². The van der Waals surface area contributed by atoms with Gasteiger partial charge in [0, 0.05) is 32.0 Å². The molecule has 0 aromatic heterocycles. The number of aryl methyl sites for hydroxylation is 1. The second kappa shape index (κ2) is 9.07. The highest BCUT2D eigenvalue weighted by Crippen LogP contribution is 2.50. The Morgan fingerprint density at radius 3 is 2.58 bits per heavy atom. The number of halogens is 1. The summed E-state index contributed by atoms with van der Waals surface area (Å²) in [6.45, 7) is 9.87. The SMILES string of the molecule is CCOC1CC(N)(C(=O)N(C)CCCOc2ccccc2C)C1(C)C.Cl. The number of ether oxygens (including phenoxy) is 2. The minimum atomic E-state index is -0.849. The van der Waals surface area contributed by atoms with Gasteiger partial charge < -0.3 is 20.1 Å². The molecule has 1 aliphatic carbocycles. The number of carbonyl (C=O) groups is 1. The molecular weight excluding hydrogens is 352 g/mol. The predicted molar refractivity (Wildman–Crippen MR) is 107 cm³/mol. The number of hydrogen-bond donors (Lipinski definition) is 1. The third kappa shape index (κ3) is 4.33. The highest BCUT2D eigenvalue weighted by atomic mass is 35.5. The molecule has 0 saturated heterocycles. The standard InChI is InChI=1S/C20H32N2O3.ClH/c1-6-24-17-14-20(21,19(17,3)4)18(23)22(5)12-9-13-25-16-11-8-7-10-15(16)2;/h7-8,10-11,17H,6,9,12-14,21H2,1-5H3;1H. The van der Waals surface area contributed by atoms with Crippen LogP contribution in [0.1, 0.15) is 39.2 Å². The van der Waals surface area contributed by atoms with Gasteiger partial charge in [-0.1, -0.05) is 32.0 Å². The highest BCUT2D eigenvalue weighted by molar-refractivity contribution is 5.88. The molecule has 1 aromatic carbocycles. The monoisotopic (exact) mass is 384 g/mol. The van der Waals surface area contributed by atoms with E-state index in [1.54, 1.807) is 4.90 Å². The molecular formula is C20H33ClN2O3. The second-order valence-corrected chi connectivity index (χ2v) is 7.54. The molecule has 5 nitrogen and oxygen atoms in total. The summed E-state index contributed by atoms with van der Waals surface area (Å²) in [4.78, 5) is 14.6. The smallest absolute Gasteiger partial charge is 0.243 e. The highest BCUT2D eigenvalue weighted by Gasteiger charge is 2.63. The molecule has 0 heterocycles. The first-order valence-electron chi connectivity index (χ1n) is 9.08. The second-order valence-electron chi connectivity index (χ2n) is 7.54. The first-order chi connectivity index (χ1) is 11.7. The van der Waals surface area contributed by atoms with Crippen molar-refractivity contribution in [3.63, 3.8) is 0 Å². The van der Waals surface area contributed by atoms with Gasteiger partial charge in [0.25, 0.3) is 0 Å². The number of amides is 1. The minimum Gasteiger partial charge on any atom is -0.493 e. The summed E-state index contributed by atoms with van der Waals surface area (Å²) in [6, 6.07) is 7.94. The van der Waals surface area contributed by atoms with E-state index < -0.39 is 5.54 Å². The molecule has 1 aliphatic rings. The van der Waals surface area contributed by atoms with E-state index in [0.717, 1.165) is 17.7 Å². The third-order valence-electron chi connectivity index (χ3n) is 5.55. The van der Waals surface area contributed by atoms with Crippen molar-refractivity contribution in [2.45, 2.75) is 52.2 Å². The largest absolute Gasteiger partial charge is 0.493 e. The van der Waals surface area contributed by atoms with E-state index in [1.807, 2.05) is 59.0 Å². The molecule has 0 radical (unpaired) electrons. The first kappa shape index (κ1) is 22.7. The molecule has 1 aromatic rings. The molecule has 0 bridgehead atoms. The molecule has 0 aliphatic heterocycles. The topological polar surface area (TPSA) is 64.8 Å². The zero-order chi connectivity index (χ0) is 18.7. The lowest BCUT2D eigenvalue weighted by atomic mass is 9.54. The Balaban J connectivity index is 0.00000338. The van der Waals surface area contributed by atoms with Crippen molar-refractivity contribution in [3.05, 3.63) is 29.8 Å². The van der Waals surface area contributed by atoms with Gasteiger partial charge in [-0.3, -0.25) is 4.79 Å². The number of hydrogen-bond acceptors (Lipinski definition) is 4. The average Bonchev–Trinajstić information content (AvgIpc) is 2.58. The summed E-state index contributed by atoms with van der Waals surface area (Å²) in [5.41, 5.74) is 6.37. The lowest BCUT2D eigenvalue weighted by molar-refractivity contribution is -0.178. The molecule has 1 amide bonds. The van der Waals surface area contributed by atoms with Gasteiger partial charge in [0.15, 0.2) is 0 Å². The summed E-state index contributed by atoms with van der Waals surface area (Å²) in [5.74, 6) is 0.885. The van der Waals surface area contributed by atoms with Crippen molar-refractivity contribution in [1.82, 2.24) is 4.90 Å². The summed E-state index contributed by atoms with van der Waals surface area (Å²) >= 11 is 0. The molecule has 2 atom stereocenters. The minimum absolute atomic E-state index is 0. The maximum absolute atomic E-state index is 12.8. The Hall–Kier alpha value is -1.30. The van der Waals surface area contributed by atoms with Crippen molar-refractivity contribution in [2.75, 3.05) is 26.8 Å². The van der Waals surface area contributed by atoms with Gasteiger partial charge in [-0.15, -0.1) is 12.4 Å². The molecule has 1 fully saturated rings. The van der Waals surface area contributed by atoms with Crippen LogP contribution in [0.3, 0.4) is 0 Å². The molecule has 1 saturated carbocycles. The van der Waals surface area contributed by atoms with Crippen LogP contribution in [0.4, 0.5) is 0 Å². The van der Waals surface area contributed by atoms with Crippen LogP contribution in [0.15, 0.2) is 24.3 Å².